The summed E-state index contributed by atoms with van der Waals surface area (Å²) in [5.74, 6) is 1.61. The molecule has 1 N–H and O–H groups in total. The summed E-state index contributed by atoms with van der Waals surface area (Å²) in [6.45, 7) is 7.66. The van der Waals surface area contributed by atoms with Gasteiger partial charge in [-0.2, -0.15) is 0 Å². The van der Waals surface area contributed by atoms with Crippen molar-refractivity contribution >= 4 is 0 Å². The fraction of sp³-hybridized carbons (Fsp3) is 0.727. The van der Waals surface area contributed by atoms with Gasteiger partial charge in [-0.3, -0.25) is 9.80 Å². The van der Waals surface area contributed by atoms with Crippen molar-refractivity contribution in [3.8, 4) is 0 Å². The van der Waals surface area contributed by atoms with Gasteiger partial charge < -0.3 is 5.11 Å². The fourth-order valence-electron chi connectivity index (χ4n) is 5.68. The molecule has 2 bridgehead atoms. The lowest BCUT2D eigenvalue weighted by atomic mass is 9.75. The summed E-state index contributed by atoms with van der Waals surface area (Å²) < 4.78 is 0. The number of benzene rings is 1. The van der Waals surface area contributed by atoms with Crippen LogP contribution in [0.4, 0.5) is 0 Å². The van der Waals surface area contributed by atoms with Crippen LogP contribution in [-0.4, -0.2) is 59.8 Å². The monoisotopic (exact) mass is 342 g/mol. The van der Waals surface area contributed by atoms with Crippen LogP contribution in [0.5, 0.6) is 0 Å². The van der Waals surface area contributed by atoms with Gasteiger partial charge in [-0.05, 0) is 63.7 Å². The molecule has 4 fully saturated rings. The molecule has 4 saturated heterocycles. The average molecular weight is 343 g/mol. The van der Waals surface area contributed by atoms with E-state index in [0.29, 0.717) is 12.5 Å². The van der Waals surface area contributed by atoms with Crippen molar-refractivity contribution in [2.75, 3.05) is 32.8 Å². The predicted octanol–water partition coefficient (Wildman–Crippen LogP) is 3.41. The van der Waals surface area contributed by atoms with Gasteiger partial charge in [0.25, 0.3) is 0 Å². The minimum Gasteiger partial charge on any atom is -0.396 e. The van der Waals surface area contributed by atoms with E-state index in [-0.39, 0.29) is 0 Å². The first-order valence-corrected chi connectivity index (χ1v) is 10.4. The number of likely N-dealkylation sites (tertiary alicyclic amines) is 1. The van der Waals surface area contributed by atoms with Gasteiger partial charge in [0.2, 0.25) is 0 Å². The second-order valence-electron chi connectivity index (χ2n) is 8.50. The van der Waals surface area contributed by atoms with E-state index in [1.807, 2.05) is 0 Å². The van der Waals surface area contributed by atoms with Gasteiger partial charge in [-0.1, -0.05) is 42.7 Å². The molecule has 3 nitrogen and oxygen atoms in total. The highest BCUT2D eigenvalue weighted by atomic mass is 16.2. The van der Waals surface area contributed by atoms with E-state index >= 15 is 0 Å². The molecule has 5 rings (SSSR count). The number of aryl methyl sites for hydroxylation is 1. The second-order valence-corrected chi connectivity index (χ2v) is 8.50. The molecule has 1 aromatic rings. The van der Waals surface area contributed by atoms with Crippen molar-refractivity contribution in [1.82, 2.24) is 9.80 Å². The summed E-state index contributed by atoms with van der Waals surface area (Å²) in [6.07, 6.45) is 7.50. The minimum atomic E-state index is 0.348. The second kappa shape index (κ2) is 7.77. The van der Waals surface area contributed by atoms with Gasteiger partial charge in [0.15, 0.2) is 0 Å². The van der Waals surface area contributed by atoms with E-state index in [1.165, 1.54) is 63.8 Å². The van der Waals surface area contributed by atoms with Gasteiger partial charge in [-0.25, -0.2) is 0 Å². The van der Waals surface area contributed by atoms with Crippen LogP contribution in [0, 0.1) is 12.8 Å². The average Bonchev–Trinajstić information content (AvgIpc) is 3.05. The molecule has 0 unspecified atom stereocenters. The third-order valence-electron chi connectivity index (χ3n) is 6.95. The topological polar surface area (TPSA) is 26.7 Å². The van der Waals surface area contributed by atoms with Crippen LogP contribution in [0.2, 0.25) is 0 Å². The Hall–Kier alpha value is -0.900. The summed E-state index contributed by atoms with van der Waals surface area (Å²) >= 11 is 0. The Morgan fingerprint density at radius 3 is 2.40 bits per heavy atom. The molecule has 0 saturated carbocycles. The van der Waals surface area contributed by atoms with Gasteiger partial charge in [0.05, 0.1) is 0 Å². The van der Waals surface area contributed by atoms with E-state index in [2.05, 4.69) is 41.0 Å². The quantitative estimate of drug-likeness (QED) is 0.769. The molecule has 0 aromatic heterocycles. The van der Waals surface area contributed by atoms with Gasteiger partial charge >= 0.3 is 0 Å². The van der Waals surface area contributed by atoms with Crippen LogP contribution in [0.15, 0.2) is 24.3 Å². The van der Waals surface area contributed by atoms with Crippen LogP contribution in [0.3, 0.4) is 0 Å². The van der Waals surface area contributed by atoms with Crippen molar-refractivity contribution in [2.24, 2.45) is 5.92 Å². The number of piperidine rings is 3. The predicted molar refractivity (Wildman–Crippen MR) is 103 cm³/mol. The van der Waals surface area contributed by atoms with Crippen LogP contribution in [0.25, 0.3) is 0 Å². The molecular formula is C22H34N2O. The number of aliphatic hydroxyl groups excluding tert-OH is 1. The fourth-order valence-corrected chi connectivity index (χ4v) is 5.68. The lowest BCUT2D eigenvalue weighted by molar-refractivity contribution is -0.00684. The molecule has 3 atom stereocenters. The molecule has 0 radical (unpaired) electrons. The first kappa shape index (κ1) is 17.5. The molecule has 0 amide bonds. The highest BCUT2D eigenvalue weighted by Gasteiger charge is 2.52. The van der Waals surface area contributed by atoms with E-state index in [1.54, 1.807) is 5.56 Å². The third-order valence-corrected chi connectivity index (χ3v) is 6.95. The van der Waals surface area contributed by atoms with Crippen LogP contribution in [-0.2, 0) is 0 Å². The minimum absolute atomic E-state index is 0.348. The molecule has 1 aromatic carbocycles. The normalized spacial score (nSPS) is 34.4. The number of hydrogen-bond donors (Lipinski definition) is 1. The summed E-state index contributed by atoms with van der Waals surface area (Å²) in [4.78, 5) is 5.64. The Bertz CT molecular complexity index is 550. The van der Waals surface area contributed by atoms with Crippen LogP contribution >= 0.6 is 0 Å². The molecule has 4 aliphatic rings. The Labute approximate surface area is 153 Å². The first-order chi connectivity index (χ1) is 12.3. The third kappa shape index (κ3) is 3.51. The number of fused-ring (bicyclic) bond motifs is 2. The van der Waals surface area contributed by atoms with E-state index in [9.17, 15) is 0 Å². The molecule has 4 heterocycles. The molecule has 25 heavy (non-hydrogen) atoms. The lowest BCUT2D eigenvalue weighted by Crippen LogP contribution is -2.60. The number of hydrogen-bond acceptors (Lipinski definition) is 3. The Balaban J connectivity index is 1.48. The van der Waals surface area contributed by atoms with Crippen molar-refractivity contribution in [3.05, 3.63) is 35.4 Å². The molecule has 0 spiro atoms. The molecule has 3 heteroatoms. The SMILES string of the molecule is Cc1ccc([C@H]2CN(CCCCCCO)[C@@H]3C4CCN(CC4)[C@H]23)cc1. The first-order valence-electron chi connectivity index (χ1n) is 10.4. The van der Waals surface area contributed by atoms with Crippen molar-refractivity contribution < 1.29 is 5.11 Å². The van der Waals surface area contributed by atoms with E-state index < -0.39 is 0 Å². The maximum absolute atomic E-state index is 8.97. The van der Waals surface area contributed by atoms with Crippen molar-refractivity contribution in [3.63, 3.8) is 0 Å². The highest BCUT2D eigenvalue weighted by Crippen LogP contribution is 2.46. The van der Waals surface area contributed by atoms with Crippen LogP contribution in [0.1, 0.15) is 55.6 Å². The molecular weight excluding hydrogens is 308 g/mol. The summed E-state index contributed by atoms with van der Waals surface area (Å²) in [6, 6.07) is 10.9. The zero-order chi connectivity index (χ0) is 17.2. The Morgan fingerprint density at radius 1 is 0.960 bits per heavy atom. The maximum Gasteiger partial charge on any atom is 0.0431 e. The number of aliphatic hydroxyl groups is 1. The summed E-state index contributed by atoms with van der Waals surface area (Å²) in [5, 5.41) is 8.97. The Kier molecular flexibility index (Phi) is 5.44. The van der Waals surface area contributed by atoms with Crippen molar-refractivity contribution in [1.29, 1.82) is 0 Å². The van der Waals surface area contributed by atoms with E-state index in [0.717, 1.165) is 24.4 Å². The number of unbranched alkanes of at least 4 members (excludes halogenated alkanes) is 3. The smallest absolute Gasteiger partial charge is 0.0431 e. The summed E-state index contributed by atoms with van der Waals surface area (Å²) in [5.41, 5.74) is 2.92. The molecule has 138 valence electrons. The van der Waals surface area contributed by atoms with Gasteiger partial charge in [-0.15, -0.1) is 0 Å². The van der Waals surface area contributed by atoms with Gasteiger partial charge in [0, 0.05) is 31.2 Å². The zero-order valence-corrected chi connectivity index (χ0v) is 15.7. The largest absolute Gasteiger partial charge is 0.396 e. The zero-order valence-electron chi connectivity index (χ0n) is 15.7. The maximum atomic E-state index is 8.97. The van der Waals surface area contributed by atoms with E-state index in [4.69, 9.17) is 5.11 Å². The molecule has 0 aliphatic carbocycles. The summed E-state index contributed by atoms with van der Waals surface area (Å²) in [7, 11) is 0. The number of nitrogens with zero attached hydrogens (tertiary/aromatic N) is 2. The standard InChI is InChI=1S/C22H34N2O/c1-17-6-8-18(9-7-17)20-16-24(12-4-2-3-5-15-25)21-19-10-13-23(14-11-19)22(20)21/h6-9,19-22,25H,2-5,10-16H2,1H3/t20-,21-,22-/m1/s1. The van der Waals surface area contributed by atoms with Crippen molar-refractivity contribution in [2.45, 2.75) is 63.5 Å². The van der Waals surface area contributed by atoms with Gasteiger partial charge in [0.1, 0.15) is 0 Å². The molecule has 4 aliphatic heterocycles. The van der Waals surface area contributed by atoms with Crippen LogP contribution < -0.4 is 0 Å². The highest BCUT2D eigenvalue weighted by molar-refractivity contribution is 5.29. The number of rotatable bonds is 7. The lowest BCUT2D eigenvalue weighted by Gasteiger charge is -2.51. The Morgan fingerprint density at radius 2 is 1.68 bits per heavy atom.